The SMILES string of the molecule is Cc1cc(/C=N/NC(=S)Nc2ccccc2)c(C)n1-c1ccccc1. The highest BCUT2D eigenvalue weighted by Gasteiger charge is 2.08. The first-order valence-corrected chi connectivity index (χ1v) is 8.45. The van der Waals surface area contributed by atoms with Crippen molar-refractivity contribution in [2.45, 2.75) is 13.8 Å². The molecule has 1 aromatic heterocycles. The highest BCUT2D eigenvalue weighted by molar-refractivity contribution is 7.80. The van der Waals surface area contributed by atoms with Gasteiger partial charge in [0, 0.05) is 28.3 Å². The second-order valence-electron chi connectivity index (χ2n) is 5.69. The van der Waals surface area contributed by atoms with Crippen molar-refractivity contribution < 1.29 is 0 Å². The zero-order valence-corrected chi connectivity index (χ0v) is 15.0. The number of hydrogen-bond acceptors (Lipinski definition) is 2. The second kappa shape index (κ2) is 7.77. The molecule has 0 aliphatic carbocycles. The fourth-order valence-corrected chi connectivity index (χ4v) is 2.90. The minimum absolute atomic E-state index is 0.458. The Labute approximate surface area is 153 Å². The van der Waals surface area contributed by atoms with E-state index in [-0.39, 0.29) is 0 Å². The number of rotatable bonds is 4. The van der Waals surface area contributed by atoms with E-state index >= 15 is 0 Å². The molecular formula is C20H20N4S. The average Bonchev–Trinajstić information content (AvgIpc) is 2.90. The maximum atomic E-state index is 5.25. The van der Waals surface area contributed by atoms with Crippen LogP contribution in [0.1, 0.15) is 17.0 Å². The van der Waals surface area contributed by atoms with Crippen molar-refractivity contribution in [3.63, 3.8) is 0 Å². The maximum absolute atomic E-state index is 5.25. The maximum Gasteiger partial charge on any atom is 0.191 e. The van der Waals surface area contributed by atoms with E-state index in [1.165, 1.54) is 0 Å². The van der Waals surface area contributed by atoms with E-state index in [0.29, 0.717) is 5.11 Å². The third-order valence-electron chi connectivity index (χ3n) is 3.89. The smallest absolute Gasteiger partial charge is 0.191 e. The number of aromatic nitrogens is 1. The van der Waals surface area contributed by atoms with Crippen LogP contribution >= 0.6 is 12.2 Å². The quantitative estimate of drug-likeness (QED) is 0.417. The van der Waals surface area contributed by atoms with Crippen molar-refractivity contribution in [3.8, 4) is 5.69 Å². The fraction of sp³-hybridized carbons (Fsp3) is 0.100. The van der Waals surface area contributed by atoms with Gasteiger partial charge in [-0.05, 0) is 56.4 Å². The number of nitrogens with zero attached hydrogens (tertiary/aromatic N) is 2. The molecule has 0 radical (unpaired) electrons. The van der Waals surface area contributed by atoms with Crippen LogP contribution in [0.3, 0.4) is 0 Å². The predicted octanol–water partition coefficient (Wildman–Crippen LogP) is 4.41. The van der Waals surface area contributed by atoms with Crippen LogP contribution in [-0.4, -0.2) is 15.9 Å². The molecule has 5 heteroatoms. The van der Waals surface area contributed by atoms with Crippen molar-refractivity contribution in [3.05, 3.63) is 83.7 Å². The van der Waals surface area contributed by atoms with Crippen LogP contribution in [0.25, 0.3) is 5.69 Å². The summed E-state index contributed by atoms with van der Waals surface area (Å²) in [5, 5.41) is 7.80. The first-order chi connectivity index (χ1) is 12.1. The van der Waals surface area contributed by atoms with Crippen molar-refractivity contribution in [2.24, 2.45) is 5.10 Å². The Morgan fingerprint density at radius 1 is 1.00 bits per heavy atom. The summed E-state index contributed by atoms with van der Waals surface area (Å²) in [7, 11) is 0. The van der Waals surface area contributed by atoms with E-state index in [1.54, 1.807) is 6.21 Å². The van der Waals surface area contributed by atoms with Crippen molar-refractivity contribution in [1.82, 2.24) is 9.99 Å². The van der Waals surface area contributed by atoms with Gasteiger partial charge < -0.3 is 9.88 Å². The number of nitrogens with one attached hydrogen (secondary N) is 2. The largest absolute Gasteiger partial charge is 0.331 e. The van der Waals surface area contributed by atoms with E-state index in [2.05, 4.69) is 52.5 Å². The molecule has 0 aliphatic rings. The molecule has 0 unspecified atom stereocenters. The Morgan fingerprint density at radius 3 is 2.32 bits per heavy atom. The normalized spacial score (nSPS) is 10.8. The van der Waals surface area contributed by atoms with Gasteiger partial charge in [0.2, 0.25) is 0 Å². The molecule has 2 aromatic carbocycles. The van der Waals surface area contributed by atoms with E-state index in [1.807, 2.05) is 48.5 Å². The lowest BCUT2D eigenvalue weighted by molar-refractivity contribution is 0.964. The Kier molecular flexibility index (Phi) is 5.26. The summed E-state index contributed by atoms with van der Waals surface area (Å²) < 4.78 is 2.21. The van der Waals surface area contributed by atoms with Gasteiger partial charge in [-0.3, -0.25) is 5.43 Å². The van der Waals surface area contributed by atoms with Crippen molar-refractivity contribution in [1.29, 1.82) is 0 Å². The van der Waals surface area contributed by atoms with Crippen LogP contribution in [0.5, 0.6) is 0 Å². The Morgan fingerprint density at radius 2 is 1.64 bits per heavy atom. The minimum atomic E-state index is 0.458. The molecule has 0 spiro atoms. The third kappa shape index (κ3) is 4.14. The number of benzene rings is 2. The molecule has 0 bridgehead atoms. The van der Waals surface area contributed by atoms with Crippen molar-refractivity contribution >= 4 is 29.2 Å². The standard InChI is InChI=1S/C20H20N4S/c1-15-13-17(16(2)24(15)19-11-7-4-8-12-19)14-21-23-20(25)22-18-9-5-3-6-10-18/h3-14H,1-2H3,(H2,22,23,25)/b21-14+. The molecule has 0 saturated carbocycles. The molecule has 25 heavy (non-hydrogen) atoms. The molecule has 0 fully saturated rings. The van der Waals surface area contributed by atoms with Crippen LogP contribution in [0.4, 0.5) is 5.69 Å². The molecule has 0 aliphatic heterocycles. The molecule has 3 aromatic rings. The summed E-state index contributed by atoms with van der Waals surface area (Å²) in [6, 6.07) is 22.2. The Hall–Kier alpha value is -2.92. The molecule has 4 nitrogen and oxygen atoms in total. The van der Waals surface area contributed by atoms with Crippen LogP contribution < -0.4 is 10.7 Å². The van der Waals surface area contributed by atoms with Gasteiger partial charge in [0.25, 0.3) is 0 Å². The molecule has 0 saturated heterocycles. The van der Waals surface area contributed by atoms with Crippen LogP contribution in [-0.2, 0) is 0 Å². The highest BCUT2D eigenvalue weighted by Crippen LogP contribution is 2.19. The number of hydrazone groups is 1. The van der Waals surface area contributed by atoms with Gasteiger partial charge in [-0.25, -0.2) is 0 Å². The average molecular weight is 348 g/mol. The lowest BCUT2D eigenvalue weighted by atomic mass is 10.2. The van der Waals surface area contributed by atoms with Crippen molar-refractivity contribution in [2.75, 3.05) is 5.32 Å². The number of para-hydroxylation sites is 2. The lowest BCUT2D eigenvalue weighted by Gasteiger charge is -2.09. The summed E-state index contributed by atoms with van der Waals surface area (Å²) in [4.78, 5) is 0. The molecule has 3 rings (SSSR count). The Bertz CT molecular complexity index is 883. The number of thiocarbonyl (C=S) groups is 1. The first kappa shape index (κ1) is 16.9. The van der Waals surface area contributed by atoms with Gasteiger partial charge in [-0.15, -0.1) is 0 Å². The van der Waals surface area contributed by atoms with Gasteiger partial charge in [-0.1, -0.05) is 36.4 Å². The van der Waals surface area contributed by atoms with Crippen LogP contribution in [0.2, 0.25) is 0 Å². The fourth-order valence-electron chi connectivity index (χ4n) is 2.73. The number of aryl methyl sites for hydroxylation is 1. The van der Waals surface area contributed by atoms with Gasteiger partial charge in [0.1, 0.15) is 0 Å². The number of hydrogen-bond donors (Lipinski definition) is 2. The van der Waals surface area contributed by atoms with E-state index in [9.17, 15) is 0 Å². The molecule has 126 valence electrons. The van der Waals surface area contributed by atoms with Gasteiger partial charge in [0.05, 0.1) is 6.21 Å². The minimum Gasteiger partial charge on any atom is -0.331 e. The number of anilines is 1. The van der Waals surface area contributed by atoms with Crippen LogP contribution in [0.15, 0.2) is 71.8 Å². The summed E-state index contributed by atoms with van der Waals surface area (Å²) in [5.41, 5.74) is 8.28. The molecular weight excluding hydrogens is 328 g/mol. The first-order valence-electron chi connectivity index (χ1n) is 8.04. The monoisotopic (exact) mass is 348 g/mol. The van der Waals surface area contributed by atoms with E-state index in [0.717, 1.165) is 28.3 Å². The van der Waals surface area contributed by atoms with E-state index in [4.69, 9.17) is 12.2 Å². The topological polar surface area (TPSA) is 41.4 Å². The third-order valence-corrected chi connectivity index (χ3v) is 4.08. The Balaban J connectivity index is 1.69. The molecule has 0 amide bonds. The highest BCUT2D eigenvalue weighted by atomic mass is 32.1. The van der Waals surface area contributed by atoms with Crippen LogP contribution in [0, 0.1) is 13.8 Å². The summed E-state index contributed by atoms with van der Waals surface area (Å²) in [6.45, 7) is 4.17. The second-order valence-corrected chi connectivity index (χ2v) is 6.10. The molecule has 0 atom stereocenters. The zero-order chi connectivity index (χ0) is 17.6. The van der Waals surface area contributed by atoms with E-state index < -0.39 is 0 Å². The summed E-state index contributed by atoms with van der Waals surface area (Å²) >= 11 is 5.25. The summed E-state index contributed by atoms with van der Waals surface area (Å²) in [5.74, 6) is 0. The lowest BCUT2D eigenvalue weighted by Crippen LogP contribution is -2.23. The van der Waals surface area contributed by atoms with Gasteiger partial charge >= 0.3 is 0 Å². The van der Waals surface area contributed by atoms with Gasteiger partial charge in [-0.2, -0.15) is 5.10 Å². The predicted molar refractivity (Wildman–Crippen MR) is 109 cm³/mol. The zero-order valence-electron chi connectivity index (χ0n) is 14.2. The molecule has 1 heterocycles. The molecule has 2 N–H and O–H groups in total. The van der Waals surface area contributed by atoms with Gasteiger partial charge in [0.15, 0.2) is 5.11 Å². The summed E-state index contributed by atoms with van der Waals surface area (Å²) in [6.07, 6.45) is 1.79.